The van der Waals surface area contributed by atoms with E-state index in [9.17, 15) is 9.90 Å². The summed E-state index contributed by atoms with van der Waals surface area (Å²) in [6.07, 6.45) is 2.74. The van der Waals surface area contributed by atoms with Gasteiger partial charge in [0.2, 0.25) is 5.89 Å². The van der Waals surface area contributed by atoms with Crippen molar-refractivity contribution in [2.24, 2.45) is 5.73 Å². The Bertz CT molecular complexity index is 870. The summed E-state index contributed by atoms with van der Waals surface area (Å²) in [7, 11) is 0. The molecule has 0 radical (unpaired) electrons. The summed E-state index contributed by atoms with van der Waals surface area (Å²) < 4.78 is 5.37. The average molecular weight is 351 g/mol. The molecule has 6 heteroatoms. The van der Waals surface area contributed by atoms with Gasteiger partial charge in [-0.15, -0.1) is 0 Å². The molecule has 0 saturated carbocycles. The minimum atomic E-state index is -0.482. The van der Waals surface area contributed by atoms with Crippen molar-refractivity contribution in [3.05, 3.63) is 77.5 Å². The number of phenolic OH excluding ortho intramolecular Hbond substituents is 1. The van der Waals surface area contributed by atoms with E-state index >= 15 is 0 Å². The first-order valence-electron chi connectivity index (χ1n) is 8.44. The van der Waals surface area contributed by atoms with Gasteiger partial charge in [-0.1, -0.05) is 31.2 Å². The largest absolute Gasteiger partial charge is 0.508 e. The van der Waals surface area contributed by atoms with Crippen LogP contribution in [0.4, 0.5) is 5.69 Å². The van der Waals surface area contributed by atoms with Crippen LogP contribution in [0.25, 0.3) is 0 Å². The van der Waals surface area contributed by atoms with Crippen LogP contribution in [0.15, 0.2) is 59.2 Å². The second kappa shape index (κ2) is 7.84. The first-order valence-corrected chi connectivity index (χ1v) is 8.44. The summed E-state index contributed by atoms with van der Waals surface area (Å²) >= 11 is 0. The van der Waals surface area contributed by atoms with E-state index in [-0.39, 0.29) is 17.4 Å². The lowest BCUT2D eigenvalue weighted by Gasteiger charge is -2.07. The molecule has 1 aromatic heterocycles. The van der Waals surface area contributed by atoms with Crippen LogP contribution in [0.2, 0.25) is 0 Å². The van der Waals surface area contributed by atoms with Gasteiger partial charge in [-0.3, -0.25) is 4.79 Å². The number of aromatic hydroxyl groups is 1. The number of amides is 1. The molecule has 0 aliphatic carbocycles. The summed E-state index contributed by atoms with van der Waals surface area (Å²) in [5, 5.41) is 12.1. The molecule has 26 heavy (non-hydrogen) atoms. The van der Waals surface area contributed by atoms with E-state index in [2.05, 4.69) is 17.2 Å². The molecule has 0 aliphatic heterocycles. The molecular formula is C20H21N3O3. The van der Waals surface area contributed by atoms with Crippen molar-refractivity contribution < 1.29 is 14.3 Å². The normalized spacial score (nSPS) is 11.9. The van der Waals surface area contributed by atoms with Gasteiger partial charge in [0.1, 0.15) is 12.0 Å². The van der Waals surface area contributed by atoms with Crippen LogP contribution < -0.4 is 11.1 Å². The molecule has 0 bridgehead atoms. The minimum Gasteiger partial charge on any atom is -0.508 e. The number of aromatic nitrogens is 1. The third kappa shape index (κ3) is 4.29. The van der Waals surface area contributed by atoms with E-state index in [1.165, 1.54) is 11.8 Å². The molecule has 2 aromatic carbocycles. The molecule has 6 nitrogen and oxygen atoms in total. The van der Waals surface area contributed by atoms with E-state index < -0.39 is 6.04 Å². The fourth-order valence-electron chi connectivity index (χ4n) is 2.55. The second-order valence-electron chi connectivity index (χ2n) is 6.05. The Morgan fingerprint density at radius 2 is 1.81 bits per heavy atom. The van der Waals surface area contributed by atoms with Crippen molar-refractivity contribution in [2.45, 2.75) is 25.8 Å². The smallest absolute Gasteiger partial charge is 0.277 e. The molecule has 0 aliphatic rings. The number of carbonyl (C=O) groups excluding carboxylic acids is 1. The Morgan fingerprint density at radius 3 is 2.46 bits per heavy atom. The highest BCUT2D eigenvalue weighted by Crippen LogP contribution is 2.18. The molecule has 0 spiro atoms. The molecule has 4 N–H and O–H groups in total. The van der Waals surface area contributed by atoms with Gasteiger partial charge in [0, 0.05) is 5.69 Å². The third-order valence-corrected chi connectivity index (χ3v) is 4.08. The SMILES string of the molecule is CCc1ccc(NC(=O)c2coc(C(N)Cc3ccc(O)cc3)n2)cc1. The minimum absolute atomic E-state index is 0.181. The van der Waals surface area contributed by atoms with Crippen LogP contribution in [0.5, 0.6) is 5.75 Å². The van der Waals surface area contributed by atoms with E-state index in [1.54, 1.807) is 24.3 Å². The lowest BCUT2D eigenvalue weighted by molar-refractivity contribution is 0.102. The number of anilines is 1. The van der Waals surface area contributed by atoms with Gasteiger partial charge >= 0.3 is 0 Å². The molecule has 3 aromatic rings. The molecule has 3 rings (SSSR count). The number of nitrogens with two attached hydrogens (primary N) is 1. The summed E-state index contributed by atoms with van der Waals surface area (Å²) in [5.74, 6) is 0.148. The summed E-state index contributed by atoms with van der Waals surface area (Å²) in [5.41, 5.74) is 9.13. The van der Waals surface area contributed by atoms with E-state index in [4.69, 9.17) is 10.2 Å². The fourth-order valence-corrected chi connectivity index (χ4v) is 2.55. The maximum absolute atomic E-state index is 12.3. The topological polar surface area (TPSA) is 101 Å². The quantitative estimate of drug-likeness (QED) is 0.631. The number of phenols is 1. The first kappa shape index (κ1) is 17.7. The molecule has 0 saturated heterocycles. The Kier molecular flexibility index (Phi) is 5.34. The standard InChI is InChI=1S/C20H21N3O3/c1-2-13-3-7-15(8-4-13)22-19(25)18-12-26-20(23-18)17(21)11-14-5-9-16(24)10-6-14/h3-10,12,17,24H,2,11,21H2,1H3,(H,22,25). The van der Waals surface area contributed by atoms with Crippen molar-refractivity contribution in [3.8, 4) is 5.75 Å². The number of nitrogens with one attached hydrogen (secondary N) is 1. The molecule has 134 valence electrons. The number of rotatable bonds is 6. The van der Waals surface area contributed by atoms with Gasteiger partial charge in [0.25, 0.3) is 5.91 Å². The lowest BCUT2D eigenvalue weighted by Crippen LogP contribution is -2.16. The van der Waals surface area contributed by atoms with Gasteiger partial charge in [-0.05, 0) is 48.2 Å². The van der Waals surface area contributed by atoms with Crippen molar-refractivity contribution in [2.75, 3.05) is 5.32 Å². The first-order chi connectivity index (χ1) is 12.5. The zero-order chi connectivity index (χ0) is 18.5. The maximum atomic E-state index is 12.3. The van der Waals surface area contributed by atoms with Crippen LogP contribution >= 0.6 is 0 Å². The van der Waals surface area contributed by atoms with Gasteiger partial charge in [0.05, 0.1) is 6.04 Å². The van der Waals surface area contributed by atoms with Gasteiger partial charge in [-0.2, -0.15) is 0 Å². The number of benzene rings is 2. The highest BCUT2D eigenvalue weighted by molar-refractivity contribution is 6.02. The zero-order valence-electron chi connectivity index (χ0n) is 14.5. The van der Waals surface area contributed by atoms with Crippen molar-refractivity contribution in [1.82, 2.24) is 4.98 Å². The van der Waals surface area contributed by atoms with Gasteiger partial charge in [0.15, 0.2) is 5.69 Å². The second-order valence-corrected chi connectivity index (χ2v) is 6.05. The Morgan fingerprint density at radius 1 is 1.15 bits per heavy atom. The van der Waals surface area contributed by atoms with E-state index in [1.807, 2.05) is 24.3 Å². The van der Waals surface area contributed by atoms with Crippen LogP contribution in [0.1, 0.15) is 40.5 Å². The number of nitrogens with zero attached hydrogens (tertiary/aromatic N) is 1. The van der Waals surface area contributed by atoms with Crippen LogP contribution in [0, 0.1) is 0 Å². The van der Waals surface area contributed by atoms with Crippen LogP contribution in [-0.4, -0.2) is 16.0 Å². The molecule has 1 heterocycles. The number of carbonyl (C=O) groups is 1. The molecule has 1 atom stereocenters. The number of oxazole rings is 1. The monoisotopic (exact) mass is 351 g/mol. The van der Waals surface area contributed by atoms with Crippen LogP contribution in [-0.2, 0) is 12.8 Å². The summed E-state index contributed by atoms with van der Waals surface area (Å²) in [4.78, 5) is 16.5. The predicted molar refractivity (Wildman–Crippen MR) is 99.0 cm³/mol. The number of hydrogen-bond acceptors (Lipinski definition) is 5. The van der Waals surface area contributed by atoms with Gasteiger partial charge in [-0.25, -0.2) is 4.98 Å². The summed E-state index contributed by atoms with van der Waals surface area (Å²) in [6.45, 7) is 2.08. The van der Waals surface area contributed by atoms with E-state index in [0.29, 0.717) is 18.0 Å². The Labute approximate surface area is 151 Å². The Hall–Kier alpha value is -3.12. The summed E-state index contributed by atoms with van der Waals surface area (Å²) in [6, 6.07) is 13.9. The van der Waals surface area contributed by atoms with Gasteiger partial charge < -0.3 is 20.6 Å². The Balaban J connectivity index is 1.64. The lowest BCUT2D eigenvalue weighted by atomic mass is 10.1. The van der Waals surface area contributed by atoms with Crippen molar-refractivity contribution in [3.63, 3.8) is 0 Å². The van der Waals surface area contributed by atoms with E-state index in [0.717, 1.165) is 12.0 Å². The molecule has 0 fully saturated rings. The van der Waals surface area contributed by atoms with Crippen molar-refractivity contribution in [1.29, 1.82) is 0 Å². The molecule has 1 amide bonds. The molecular weight excluding hydrogens is 330 g/mol. The predicted octanol–water partition coefficient (Wildman–Crippen LogP) is 3.44. The highest BCUT2D eigenvalue weighted by Gasteiger charge is 2.17. The highest BCUT2D eigenvalue weighted by atomic mass is 16.3. The fraction of sp³-hybridized carbons (Fsp3) is 0.200. The maximum Gasteiger partial charge on any atom is 0.277 e. The third-order valence-electron chi connectivity index (χ3n) is 4.08. The number of aryl methyl sites for hydroxylation is 1. The zero-order valence-corrected chi connectivity index (χ0v) is 14.5. The average Bonchev–Trinajstić information content (AvgIpc) is 3.15. The molecule has 1 unspecified atom stereocenters. The van der Waals surface area contributed by atoms with Crippen LogP contribution in [0.3, 0.4) is 0 Å². The number of hydrogen-bond donors (Lipinski definition) is 3. The van der Waals surface area contributed by atoms with Crippen molar-refractivity contribution >= 4 is 11.6 Å².